The number of benzene rings is 2. The van der Waals surface area contributed by atoms with E-state index in [9.17, 15) is 14.9 Å². The van der Waals surface area contributed by atoms with E-state index in [4.69, 9.17) is 4.74 Å². The molecule has 1 saturated heterocycles. The van der Waals surface area contributed by atoms with Crippen molar-refractivity contribution in [3.8, 4) is 5.75 Å². The van der Waals surface area contributed by atoms with Crippen molar-refractivity contribution in [1.29, 1.82) is 0 Å². The zero-order chi connectivity index (χ0) is 18.7. The summed E-state index contributed by atoms with van der Waals surface area (Å²) in [6, 6.07) is 12.2. The van der Waals surface area contributed by atoms with Crippen molar-refractivity contribution in [2.24, 2.45) is 5.92 Å². The number of hydrogen-bond donors (Lipinski definition) is 0. The smallest absolute Gasteiger partial charge is 0.293 e. The van der Waals surface area contributed by atoms with Gasteiger partial charge in [0.1, 0.15) is 11.4 Å². The van der Waals surface area contributed by atoms with Gasteiger partial charge >= 0.3 is 0 Å². The normalized spacial score (nSPS) is 14.9. The van der Waals surface area contributed by atoms with E-state index in [0.29, 0.717) is 41.7 Å². The van der Waals surface area contributed by atoms with Crippen LogP contribution in [0.25, 0.3) is 0 Å². The predicted molar refractivity (Wildman–Crippen MR) is 103 cm³/mol. The van der Waals surface area contributed by atoms with E-state index in [2.05, 4.69) is 15.9 Å². The molecule has 136 valence electrons. The van der Waals surface area contributed by atoms with Crippen LogP contribution < -0.4 is 9.64 Å². The lowest BCUT2D eigenvalue weighted by molar-refractivity contribution is -0.384. The highest BCUT2D eigenvalue weighted by molar-refractivity contribution is 9.10. The first kappa shape index (κ1) is 18.4. The van der Waals surface area contributed by atoms with Crippen LogP contribution in [0.15, 0.2) is 46.9 Å². The third-order valence-electron chi connectivity index (χ3n) is 4.72. The minimum atomic E-state index is -0.366. The number of ketones is 1. The number of anilines is 1. The summed E-state index contributed by atoms with van der Waals surface area (Å²) in [6.45, 7) is 1.24. The molecule has 2 aromatic rings. The molecule has 26 heavy (non-hydrogen) atoms. The van der Waals surface area contributed by atoms with Gasteiger partial charge in [0.05, 0.1) is 12.0 Å². The lowest BCUT2D eigenvalue weighted by Crippen LogP contribution is -2.36. The van der Waals surface area contributed by atoms with E-state index in [1.165, 1.54) is 6.07 Å². The number of nitrogens with zero attached hydrogens (tertiary/aromatic N) is 2. The standard InChI is InChI=1S/C19H19BrN2O4/c1-26-16-5-2-13(3-6-16)19(23)14-8-10-21(11-9-14)17-7-4-15(20)12-18(17)22(24)25/h2-7,12,14H,8-11H2,1H3. The van der Waals surface area contributed by atoms with Crippen molar-refractivity contribution in [3.63, 3.8) is 0 Å². The molecule has 0 aliphatic carbocycles. The van der Waals surface area contributed by atoms with Crippen LogP contribution in [0, 0.1) is 16.0 Å². The van der Waals surface area contributed by atoms with Gasteiger partial charge in [0.25, 0.3) is 5.69 Å². The Morgan fingerprint density at radius 1 is 1.19 bits per heavy atom. The van der Waals surface area contributed by atoms with Crippen molar-refractivity contribution in [1.82, 2.24) is 0 Å². The van der Waals surface area contributed by atoms with E-state index in [-0.39, 0.29) is 22.3 Å². The molecular weight excluding hydrogens is 400 g/mol. The second-order valence-electron chi connectivity index (χ2n) is 6.24. The molecule has 0 radical (unpaired) electrons. The third kappa shape index (κ3) is 3.88. The number of methoxy groups -OCH3 is 1. The topological polar surface area (TPSA) is 72.7 Å². The van der Waals surface area contributed by atoms with Crippen molar-refractivity contribution in [3.05, 3.63) is 62.6 Å². The highest BCUT2D eigenvalue weighted by Crippen LogP contribution is 2.34. The van der Waals surface area contributed by atoms with Gasteiger partial charge < -0.3 is 9.64 Å². The summed E-state index contributed by atoms with van der Waals surface area (Å²) >= 11 is 3.28. The molecule has 0 amide bonds. The Bertz CT molecular complexity index is 815. The largest absolute Gasteiger partial charge is 0.497 e. The lowest BCUT2D eigenvalue weighted by Gasteiger charge is -2.32. The molecule has 1 heterocycles. The zero-order valence-electron chi connectivity index (χ0n) is 14.4. The maximum Gasteiger partial charge on any atom is 0.293 e. The van der Waals surface area contributed by atoms with E-state index in [0.717, 1.165) is 5.75 Å². The summed E-state index contributed by atoms with van der Waals surface area (Å²) < 4.78 is 5.80. The molecule has 6 nitrogen and oxygen atoms in total. The Hall–Kier alpha value is -2.41. The average molecular weight is 419 g/mol. The van der Waals surface area contributed by atoms with E-state index >= 15 is 0 Å². The molecule has 0 bridgehead atoms. The maximum absolute atomic E-state index is 12.7. The first-order chi connectivity index (χ1) is 12.5. The fraction of sp³-hybridized carbons (Fsp3) is 0.316. The van der Waals surface area contributed by atoms with Crippen molar-refractivity contribution in [2.45, 2.75) is 12.8 Å². The van der Waals surface area contributed by atoms with Gasteiger partial charge in [-0.1, -0.05) is 15.9 Å². The van der Waals surface area contributed by atoms with Crippen LogP contribution in [-0.4, -0.2) is 30.9 Å². The summed E-state index contributed by atoms with van der Waals surface area (Å²) in [7, 11) is 1.59. The number of halogens is 1. The fourth-order valence-electron chi connectivity index (χ4n) is 3.28. The number of rotatable bonds is 5. The molecule has 0 N–H and O–H groups in total. The number of piperidine rings is 1. The molecule has 0 spiro atoms. The Labute approximate surface area is 160 Å². The van der Waals surface area contributed by atoms with Gasteiger partial charge in [-0.25, -0.2) is 0 Å². The van der Waals surface area contributed by atoms with Gasteiger partial charge in [-0.3, -0.25) is 14.9 Å². The molecule has 1 aliphatic heterocycles. The highest BCUT2D eigenvalue weighted by atomic mass is 79.9. The molecule has 0 saturated carbocycles. The van der Waals surface area contributed by atoms with Crippen molar-refractivity contribution < 1.29 is 14.5 Å². The van der Waals surface area contributed by atoms with Crippen LogP contribution in [0.5, 0.6) is 5.75 Å². The lowest BCUT2D eigenvalue weighted by atomic mass is 9.88. The molecule has 0 atom stereocenters. The van der Waals surface area contributed by atoms with Crippen LogP contribution in [0.4, 0.5) is 11.4 Å². The Morgan fingerprint density at radius 2 is 1.85 bits per heavy atom. The SMILES string of the molecule is COc1ccc(C(=O)C2CCN(c3ccc(Br)cc3[N+](=O)[O-])CC2)cc1. The summed E-state index contributed by atoms with van der Waals surface area (Å²) in [5.41, 5.74) is 1.37. The minimum absolute atomic E-state index is 0.0610. The first-order valence-corrected chi connectivity index (χ1v) is 9.16. The molecule has 7 heteroatoms. The summed E-state index contributed by atoms with van der Waals surface area (Å²) in [5, 5.41) is 11.3. The Morgan fingerprint density at radius 3 is 2.42 bits per heavy atom. The molecule has 1 aliphatic rings. The molecule has 2 aromatic carbocycles. The molecular formula is C19H19BrN2O4. The van der Waals surface area contributed by atoms with Crippen molar-refractivity contribution in [2.75, 3.05) is 25.1 Å². The van der Waals surface area contributed by atoms with E-state index in [1.807, 2.05) is 4.90 Å². The second-order valence-corrected chi connectivity index (χ2v) is 7.16. The molecule has 1 fully saturated rings. The predicted octanol–water partition coefficient (Wildman–Crippen LogP) is 4.47. The zero-order valence-corrected chi connectivity index (χ0v) is 15.9. The molecule has 3 rings (SSSR count). The summed E-state index contributed by atoms with van der Waals surface area (Å²) in [5.74, 6) is 0.783. The Balaban J connectivity index is 1.69. The average Bonchev–Trinajstić information content (AvgIpc) is 2.67. The summed E-state index contributed by atoms with van der Waals surface area (Å²) in [6.07, 6.45) is 1.36. The number of nitro benzene ring substituents is 1. The number of nitro groups is 1. The number of Topliss-reactive ketones (excluding diaryl/α,β-unsaturated/α-hetero) is 1. The second kappa shape index (κ2) is 7.86. The monoisotopic (exact) mass is 418 g/mol. The quantitative estimate of drug-likeness (QED) is 0.406. The summed E-state index contributed by atoms with van der Waals surface area (Å²) in [4.78, 5) is 25.6. The number of carbonyl (C=O) groups is 1. The van der Waals surface area contributed by atoms with Gasteiger partial charge in [-0.2, -0.15) is 0 Å². The van der Waals surface area contributed by atoms with E-state index in [1.54, 1.807) is 43.5 Å². The van der Waals surface area contributed by atoms with Crippen LogP contribution in [0.2, 0.25) is 0 Å². The van der Waals surface area contributed by atoms with Gasteiger partial charge in [-0.05, 0) is 49.2 Å². The van der Waals surface area contributed by atoms with Gasteiger partial charge in [0, 0.05) is 35.1 Å². The van der Waals surface area contributed by atoms with Crippen molar-refractivity contribution >= 4 is 33.1 Å². The highest BCUT2D eigenvalue weighted by Gasteiger charge is 2.28. The van der Waals surface area contributed by atoms with Crippen LogP contribution in [0.3, 0.4) is 0 Å². The Kier molecular flexibility index (Phi) is 5.56. The van der Waals surface area contributed by atoms with Gasteiger partial charge in [-0.15, -0.1) is 0 Å². The van der Waals surface area contributed by atoms with E-state index < -0.39 is 0 Å². The molecule has 0 aromatic heterocycles. The third-order valence-corrected chi connectivity index (χ3v) is 5.21. The van der Waals surface area contributed by atoms with Crippen LogP contribution >= 0.6 is 15.9 Å². The first-order valence-electron chi connectivity index (χ1n) is 8.36. The number of hydrogen-bond acceptors (Lipinski definition) is 5. The van der Waals surface area contributed by atoms with Gasteiger partial charge in [0.2, 0.25) is 0 Å². The minimum Gasteiger partial charge on any atom is -0.497 e. The van der Waals surface area contributed by atoms with Gasteiger partial charge in [0.15, 0.2) is 5.78 Å². The maximum atomic E-state index is 12.7. The number of carbonyl (C=O) groups excluding carboxylic acids is 1. The van der Waals surface area contributed by atoms with Crippen LogP contribution in [0.1, 0.15) is 23.2 Å². The fourth-order valence-corrected chi connectivity index (χ4v) is 3.63. The van der Waals surface area contributed by atoms with Crippen LogP contribution in [-0.2, 0) is 0 Å². The molecule has 0 unspecified atom stereocenters. The number of ether oxygens (including phenoxy) is 1.